The van der Waals surface area contributed by atoms with E-state index >= 15 is 0 Å². The van der Waals surface area contributed by atoms with E-state index in [1.165, 1.54) is 12.1 Å². The summed E-state index contributed by atoms with van der Waals surface area (Å²) in [7, 11) is -1.89. The second-order valence-electron chi connectivity index (χ2n) is 9.97. The number of rotatable bonds is 5. The maximum Gasteiger partial charge on any atom is 0.416 e. The maximum atomic E-state index is 13.6. The normalized spacial score (nSPS) is 13.5. The molecule has 4 aromatic rings. The molecule has 0 saturated carbocycles. The Kier molecular flexibility index (Phi) is 5.64. The average molecular weight is 457 g/mol. The van der Waals surface area contributed by atoms with Gasteiger partial charge in [0.15, 0.2) is 0 Å². The summed E-state index contributed by atoms with van der Waals surface area (Å²) in [6.45, 7) is 13.8. The zero-order valence-electron chi connectivity index (χ0n) is 19.6. The van der Waals surface area contributed by atoms with Crippen LogP contribution in [0.3, 0.4) is 0 Å². The van der Waals surface area contributed by atoms with Crippen LogP contribution >= 0.6 is 0 Å². The summed E-state index contributed by atoms with van der Waals surface area (Å²) >= 11 is 0. The highest BCUT2D eigenvalue weighted by atomic mass is 28.3. The van der Waals surface area contributed by atoms with Gasteiger partial charge in [0.25, 0.3) is 0 Å². The molecule has 2 aromatic heterocycles. The first-order valence-corrected chi connectivity index (χ1v) is 13.8. The van der Waals surface area contributed by atoms with E-state index in [9.17, 15) is 13.2 Å². The molecule has 0 atom stereocenters. The third-order valence-corrected chi connectivity index (χ3v) is 15.0. The second kappa shape index (κ2) is 7.91. The molecule has 0 bridgehead atoms. The molecule has 0 saturated heterocycles. The molecule has 6 heteroatoms. The van der Waals surface area contributed by atoms with Gasteiger partial charge in [0.2, 0.25) is 0 Å². The van der Waals surface area contributed by atoms with Crippen LogP contribution in [0.25, 0.3) is 27.3 Å². The fraction of sp³-hybridized carbons (Fsp3) is 0.423. The second-order valence-corrected chi connectivity index (χ2v) is 16.0. The van der Waals surface area contributed by atoms with E-state index in [2.05, 4.69) is 47.6 Å². The lowest BCUT2D eigenvalue weighted by molar-refractivity contribution is -0.137. The van der Waals surface area contributed by atoms with E-state index in [-0.39, 0.29) is 0 Å². The van der Waals surface area contributed by atoms with E-state index in [1.54, 1.807) is 6.07 Å². The SMILES string of the molecule is CC(C)[Si](Cc1cc2c3ccccc3nn2c2ccc(C(F)(F)F)cc12)(C(C)C)C(C)C. The molecule has 32 heavy (non-hydrogen) atoms. The molecule has 4 rings (SSSR count). The minimum absolute atomic E-state index is 0.515. The fourth-order valence-electron chi connectivity index (χ4n) is 5.86. The molecule has 2 heterocycles. The third-order valence-electron chi connectivity index (χ3n) is 7.55. The van der Waals surface area contributed by atoms with Crippen molar-refractivity contribution in [2.24, 2.45) is 0 Å². The van der Waals surface area contributed by atoms with Crippen LogP contribution < -0.4 is 0 Å². The Hall–Kier alpha value is -2.34. The van der Waals surface area contributed by atoms with Gasteiger partial charge in [-0.1, -0.05) is 76.4 Å². The number of alkyl halides is 3. The number of nitrogens with zero attached hydrogens (tertiary/aromatic N) is 2. The summed E-state index contributed by atoms with van der Waals surface area (Å²) in [5.74, 6) is 0. The molecule has 0 unspecified atom stereocenters. The van der Waals surface area contributed by atoms with Crippen LogP contribution in [0.1, 0.15) is 52.7 Å². The van der Waals surface area contributed by atoms with Crippen LogP contribution in [0.4, 0.5) is 13.2 Å². The van der Waals surface area contributed by atoms with Crippen molar-refractivity contribution in [2.75, 3.05) is 0 Å². The van der Waals surface area contributed by atoms with Gasteiger partial charge < -0.3 is 0 Å². The van der Waals surface area contributed by atoms with Crippen molar-refractivity contribution >= 4 is 35.4 Å². The van der Waals surface area contributed by atoms with E-state index < -0.39 is 19.8 Å². The molecule has 0 N–H and O–H groups in total. The first-order chi connectivity index (χ1) is 15.0. The Bertz CT molecular complexity index is 1260. The van der Waals surface area contributed by atoms with Crippen LogP contribution in [-0.2, 0) is 12.2 Å². The van der Waals surface area contributed by atoms with Crippen LogP contribution in [-0.4, -0.2) is 17.7 Å². The molecule has 0 spiro atoms. The first-order valence-electron chi connectivity index (χ1n) is 11.4. The largest absolute Gasteiger partial charge is 0.416 e. The number of aromatic nitrogens is 2. The number of hydrogen-bond donors (Lipinski definition) is 0. The van der Waals surface area contributed by atoms with Gasteiger partial charge in [-0.2, -0.15) is 18.3 Å². The number of hydrogen-bond acceptors (Lipinski definition) is 1. The smallest absolute Gasteiger partial charge is 0.232 e. The Morgan fingerprint density at radius 2 is 1.44 bits per heavy atom. The monoisotopic (exact) mass is 456 g/mol. The molecular weight excluding hydrogens is 425 g/mol. The predicted octanol–water partition coefficient (Wildman–Crippen LogP) is 8.42. The molecular formula is C26H31F3N2Si. The molecule has 2 nitrogen and oxygen atoms in total. The summed E-state index contributed by atoms with van der Waals surface area (Å²) in [6, 6.07) is 15.0. The molecule has 170 valence electrons. The summed E-state index contributed by atoms with van der Waals surface area (Å²) in [6.07, 6.45) is -4.38. The summed E-state index contributed by atoms with van der Waals surface area (Å²) in [5, 5.41) is 6.42. The minimum Gasteiger partial charge on any atom is -0.232 e. The van der Waals surface area contributed by atoms with Crippen LogP contribution in [0.15, 0.2) is 48.5 Å². The highest BCUT2D eigenvalue weighted by molar-refractivity contribution is 6.83. The van der Waals surface area contributed by atoms with Crippen molar-refractivity contribution in [3.05, 3.63) is 59.7 Å². The van der Waals surface area contributed by atoms with Gasteiger partial charge in [0.05, 0.1) is 30.2 Å². The molecule has 0 radical (unpaired) electrons. The third kappa shape index (κ3) is 3.53. The van der Waals surface area contributed by atoms with Gasteiger partial charge in [0, 0.05) is 10.8 Å². The standard InChI is InChI=1S/C26H31F3N2Si/c1-16(2)32(17(3)4,18(5)6)15-19-13-25-21-9-7-8-10-23(21)30-31(25)24-12-11-20(14-22(19)24)26(27,28)29/h7-14,16-18H,15H2,1-6H3. The van der Waals surface area contributed by atoms with Gasteiger partial charge in [-0.3, -0.25) is 0 Å². The summed E-state index contributed by atoms with van der Waals surface area (Å²) in [4.78, 5) is 0. The predicted molar refractivity (Wildman–Crippen MR) is 130 cm³/mol. The van der Waals surface area contributed by atoms with E-state index in [1.807, 2.05) is 28.8 Å². The molecule has 2 aromatic carbocycles. The van der Waals surface area contributed by atoms with Crippen molar-refractivity contribution in [3.8, 4) is 0 Å². The van der Waals surface area contributed by atoms with Crippen molar-refractivity contribution < 1.29 is 13.2 Å². The molecule has 0 aliphatic carbocycles. The first kappa shape index (κ1) is 22.8. The Morgan fingerprint density at radius 1 is 0.812 bits per heavy atom. The Labute approximate surface area is 188 Å². The van der Waals surface area contributed by atoms with Gasteiger partial charge >= 0.3 is 6.18 Å². The zero-order chi connectivity index (χ0) is 23.4. The van der Waals surface area contributed by atoms with E-state index in [0.29, 0.717) is 22.0 Å². The molecule has 0 fully saturated rings. The Balaban J connectivity index is 2.09. The van der Waals surface area contributed by atoms with E-state index in [0.717, 1.165) is 33.5 Å². The van der Waals surface area contributed by atoms with Crippen molar-refractivity contribution in [1.29, 1.82) is 0 Å². The van der Waals surface area contributed by atoms with Crippen molar-refractivity contribution in [2.45, 2.75) is 70.4 Å². The molecule has 0 aliphatic rings. The quantitative estimate of drug-likeness (QED) is 0.276. The van der Waals surface area contributed by atoms with Crippen LogP contribution in [0.2, 0.25) is 16.6 Å². The lowest BCUT2D eigenvalue weighted by Gasteiger charge is -2.43. The fourth-order valence-corrected chi connectivity index (χ4v) is 12.0. The Morgan fingerprint density at radius 3 is 2.03 bits per heavy atom. The average Bonchev–Trinajstić information content (AvgIpc) is 3.08. The number of pyridine rings is 1. The van der Waals surface area contributed by atoms with Crippen molar-refractivity contribution in [1.82, 2.24) is 9.61 Å². The van der Waals surface area contributed by atoms with Gasteiger partial charge in [-0.25, -0.2) is 4.52 Å². The summed E-state index contributed by atoms with van der Waals surface area (Å²) < 4.78 is 42.7. The minimum atomic E-state index is -4.38. The lowest BCUT2D eigenvalue weighted by atomic mass is 10.0. The number of fused-ring (bicyclic) bond motifs is 5. The number of benzene rings is 2. The van der Waals surface area contributed by atoms with Crippen LogP contribution in [0, 0.1) is 0 Å². The van der Waals surface area contributed by atoms with Crippen molar-refractivity contribution in [3.63, 3.8) is 0 Å². The van der Waals surface area contributed by atoms with Gasteiger partial charge in [0.1, 0.15) is 0 Å². The highest BCUT2D eigenvalue weighted by Crippen LogP contribution is 2.45. The zero-order valence-corrected chi connectivity index (χ0v) is 20.6. The van der Waals surface area contributed by atoms with E-state index in [4.69, 9.17) is 5.10 Å². The lowest BCUT2D eigenvalue weighted by Crippen LogP contribution is -2.47. The van der Waals surface area contributed by atoms with Crippen LogP contribution in [0.5, 0.6) is 0 Å². The topological polar surface area (TPSA) is 17.3 Å². The highest BCUT2D eigenvalue weighted by Gasteiger charge is 2.43. The molecule has 0 amide bonds. The molecule has 0 aliphatic heterocycles. The maximum absolute atomic E-state index is 13.6. The summed E-state index contributed by atoms with van der Waals surface area (Å²) in [5.41, 5.74) is 4.51. The number of halogens is 3. The van der Waals surface area contributed by atoms with Gasteiger partial charge in [-0.15, -0.1) is 0 Å². The van der Waals surface area contributed by atoms with Gasteiger partial charge in [-0.05, 0) is 41.9 Å².